The van der Waals surface area contributed by atoms with Gasteiger partial charge in [-0.05, 0) is 49.5 Å². The van der Waals surface area contributed by atoms with Crippen molar-refractivity contribution in [1.29, 1.82) is 0 Å². The van der Waals surface area contributed by atoms with Crippen molar-refractivity contribution in [2.24, 2.45) is 0 Å². The molecule has 2 aromatic carbocycles. The van der Waals surface area contributed by atoms with Crippen LogP contribution in [0.4, 0.5) is 5.69 Å². The maximum absolute atomic E-state index is 12.8. The van der Waals surface area contributed by atoms with E-state index in [0.29, 0.717) is 10.4 Å². The molecule has 1 saturated heterocycles. The third-order valence-corrected chi connectivity index (χ3v) is 4.97. The molecule has 0 spiro atoms. The molecule has 3 aromatic rings. The van der Waals surface area contributed by atoms with Crippen LogP contribution in [0.2, 0.25) is 5.02 Å². The lowest BCUT2D eigenvalue weighted by Gasteiger charge is -2.34. The molecule has 5 nitrogen and oxygen atoms in total. The van der Waals surface area contributed by atoms with Crippen LogP contribution in [0.3, 0.4) is 0 Å². The molecule has 0 saturated carbocycles. The van der Waals surface area contributed by atoms with Crippen molar-refractivity contribution in [2.75, 3.05) is 38.1 Å². The van der Waals surface area contributed by atoms with Crippen LogP contribution in [-0.4, -0.2) is 47.7 Å². The maximum atomic E-state index is 12.8. The van der Waals surface area contributed by atoms with Gasteiger partial charge in [-0.3, -0.25) is 9.36 Å². The normalized spacial score (nSPS) is 15.7. The summed E-state index contributed by atoms with van der Waals surface area (Å²) in [5.41, 5.74) is 2.53. The molecule has 0 N–H and O–H groups in total. The smallest absolute Gasteiger partial charge is 0.265 e. The molecular formula is C19H19ClN4O. The lowest BCUT2D eigenvalue weighted by molar-refractivity contribution is 0.313. The number of hydrogen-bond donors (Lipinski definition) is 0. The Kier molecular flexibility index (Phi) is 4.19. The SMILES string of the molecule is CN1CCN(c2ccc3c(=O)n(-c4ccc(Cl)cc4)cnc3c2)CC1. The summed E-state index contributed by atoms with van der Waals surface area (Å²) >= 11 is 5.92. The van der Waals surface area contributed by atoms with Crippen LogP contribution in [0.15, 0.2) is 53.6 Å². The number of fused-ring (bicyclic) bond motifs is 1. The van der Waals surface area contributed by atoms with Crippen LogP contribution in [0, 0.1) is 0 Å². The van der Waals surface area contributed by atoms with Crippen molar-refractivity contribution in [3.63, 3.8) is 0 Å². The number of benzene rings is 2. The van der Waals surface area contributed by atoms with E-state index in [1.54, 1.807) is 23.0 Å². The summed E-state index contributed by atoms with van der Waals surface area (Å²) in [6.45, 7) is 4.07. The highest BCUT2D eigenvalue weighted by Gasteiger charge is 2.15. The molecule has 0 bridgehead atoms. The van der Waals surface area contributed by atoms with Crippen LogP contribution in [-0.2, 0) is 0 Å². The van der Waals surface area contributed by atoms with Gasteiger partial charge in [-0.1, -0.05) is 11.6 Å². The summed E-state index contributed by atoms with van der Waals surface area (Å²) in [6.07, 6.45) is 1.58. The molecule has 4 rings (SSSR count). The van der Waals surface area contributed by atoms with Crippen LogP contribution < -0.4 is 10.5 Å². The van der Waals surface area contributed by atoms with E-state index in [1.807, 2.05) is 30.3 Å². The highest BCUT2D eigenvalue weighted by molar-refractivity contribution is 6.30. The number of nitrogens with zero attached hydrogens (tertiary/aromatic N) is 4. The third-order valence-electron chi connectivity index (χ3n) is 4.72. The lowest BCUT2D eigenvalue weighted by atomic mass is 10.2. The van der Waals surface area contributed by atoms with Crippen molar-refractivity contribution in [1.82, 2.24) is 14.5 Å². The summed E-state index contributed by atoms with van der Waals surface area (Å²) < 4.78 is 1.55. The molecular weight excluding hydrogens is 336 g/mol. The third kappa shape index (κ3) is 3.13. The van der Waals surface area contributed by atoms with Crippen LogP contribution in [0.25, 0.3) is 16.6 Å². The number of rotatable bonds is 2. The largest absolute Gasteiger partial charge is 0.369 e. The zero-order valence-electron chi connectivity index (χ0n) is 14.0. The molecule has 0 unspecified atom stereocenters. The Morgan fingerprint density at radius 2 is 1.64 bits per heavy atom. The van der Waals surface area contributed by atoms with Crippen molar-refractivity contribution in [2.45, 2.75) is 0 Å². The molecule has 0 aliphatic carbocycles. The number of hydrogen-bond acceptors (Lipinski definition) is 4. The summed E-state index contributed by atoms with van der Waals surface area (Å²) in [4.78, 5) is 22.0. The number of aromatic nitrogens is 2. The number of halogens is 1. The number of piperazine rings is 1. The molecule has 1 fully saturated rings. The molecule has 25 heavy (non-hydrogen) atoms. The Bertz CT molecular complexity index is 959. The Hall–Kier alpha value is -2.37. The Morgan fingerprint density at radius 3 is 2.36 bits per heavy atom. The van der Waals surface area contributed by atoms with Gasteiger partial charge in [0.25, 0.3) is 5.56 Å². The first-order valence-corrected chi connectivity index (χ1v) is 8.70. The standard InChI is InChI=1S/C19H19ClN4O/c1-22-8-10-23(11-9-22)16-6-7-17-18(12-16)21-13-24(19(17)25)15-4-2-14(20)3-5-15/h2-7,12-13H,8-11H2,1H3. The second-order valence-electron chi connectivity index (χ2n) is 6.39. The molecule has 1 aliphatic heterocycles. The summed E-state index contributed by atoms with van der Waals surface area (Å²) in [6, 6.07) is 13.1. The van der Waals surface area contributed by atoms with Crippen molar-refractivity contribution in [3.8, 4) is 5.69 Å². The van der Waals surface area contributed by atoms with E-state index in [4.69, 9.17) is 11.6 Å². The Labute approximate surface area is 151 Å². The lowest BCUT2D eigenvalue weighted by Crippen LogP contribution is -2.44. The summed E-state index contributed by atoms with van der Waals surface area (Å²) in [5.74, 6) is 0. The average molecular weight is 355 g/mol. The first-order chi connectivity index (χ1) is 12.1. The summed E-state index contributed by atoms with van der Waals surface area (Å²) in [5, 5.41) is 1.26. The first-order valence-electron chi connectivity index (χ1n) is 8.33. The van der Waals surface area contributed by atoms with Gasteiger partial charge < -0.3 is 9.80 Å². The zero-order valence-corrected chi connectivity index (χ0v) is 14.8. The Balaban J connectivity index is 1.72. The van der Waals surface area contributed by atoms with Crippen molar-refractivity contribution >= 4 is 28.2 Å². The van der Waals surface area contributed by atoms with Crippen molar-refractivity contribution < 1.29 is 0 Å². The number of likely N-dealkylation sites (N-methyl/N-ethyl adjacent to an activating group) is 1. The fourth-order valence-electron chi connectivity index (χ4n) is 3.16. The quantitative estimate of drug-likeness (QED) is 0.709. The molecule has 1 aromatic heterocycles. The van der Waals surface area contributed by atoms with Gasteiger partial charge in [-0.15, -0.1) is 0 Å². The average Bonchev–Trinajstić information content (AvgIpc) is 2.63. The first kappa shape index (κ1) is 16.1. The van der Waals surface area contributed by atoms with Gasteiger partial charge in [0.15, 0.2) is 0 Å². The second-order valence-corrected chi connectivity index (χ2v) is 6.82. The van der Waals surface area contributed by atoms with E-state index in [1.165, 1.54) is 0 Å². The van der Waals surface area contributed by atoms with Gasteiger partial charge in [-0.25, -0.2) is 4.98 Å². The monoisotopic (exact) mass is 354 g/mol. The van der Waals surface area contributed by atoms with Gasteiger partial charge in [0.1, 0.15) is 6.33 Å². The van der Waals surface area contributed by atoms with Crippen LogP contribution in [0.1, 0.15) is 0 Å². The van der Waals surface area contributed by atoms with Gasteiger partial charge in [0.2, 0.25) is 0 Å². The molecule has 2 heterocycles. The minimum atomic E-state index is -0.0720. The van der Waals surface area contributed by atoms with Gasteiger partial charge in [-0.2, -0.15) is 0 Å². The molecule has 1 aliphatic rings. The highest BCUT2D eigenvalue weighted by atomic mass is 35.5. The molecule has 0 radical (unpaired) electrons. The molecule has 6 heteroatoms. The minimum absolute atomic E-state index is 0.0720. The molecule has 0 amide bonds. The zero-order chi connectivity index (χ0) is 17.4. The molecule has 128 valence electrons. The summed E-state index contributed by atoms with van der Waals surface area (Å²) in [7, 11) is 2.14. The topological polar surface area (TPSA) is 41.4 Å². The van der Waals surface area contributed by atoms with Gasteiger partial charge >= 0.3 is 0 Å². The van der Waals surface area contributed by atoms with Gasteiger partial charge in [0, 0.05) is 36.9 Å². The maximum Gasteiger partial charge on any atom is 0.265 e. The fourth-order valence-corrected chi connectivity index (χ4v) is 3.28. The van der Waals surface area contributed by atoms with E-state index in [-0.39, 0.29) is 5.56 Å². The van der Waals surface area contributed by atoms with Crippen LogP contribution >= 0.6 is 11.6 Å². The molecule has 0 atom stereocenters. The predicted octanol–water partition coefficient (Wildman–Crippen LogP) is 2.79. The number of anilines is 1. The highest BCUT2D eigenvalue weighted by Crippen LogP contribution is 2.21. The van der Waals surface area contributed by atoms with E-state index in [0.717, 1.165) is 43.1 Å². The second kappa shape index (κ2) is 6.50. The van der Waals surface area contributed by atoms with Crippen LogP contribution in [0.5, 0.6) is 0 Å². The van der Waals surface area contributed by atoms with E-state index in [2.05, 4.69) is 21.8 Å². The minimum Gasteiger partial charge on any atom is -0.369 e. The van der Waals surface area contributed by atoms with E-state index >= 15 is 0 Å². The fraction of sp³-hybridized carbons (Fsp3) is 0.263. The van der Waals surface area contributed by atoms with E-state index in [9.17, 15) is 4.79 Å². The van der Waals surface area contributed by atoms with E-state index < -0.39 is 0 Å². The Morgan fingerprint density at radius 1 is 0.960 bits per heavy atom. The predicted molar refractivity (Wildman–Crippen MR) is 102 cm³/mol. The van der Waals surface area contributed by atoms with Gasteiger partial charge in [0.05, 0.1) is 16.6 Å². The van der Waals surface area contributed by atoms with Crippen molar-refractivity contribution in [3.05, 3.63) is 64.2 Å².